The number of carbonyl (C=O) groups is 1. The monoisotopic (exact) mass is 542 g/mol. The molecule has 0 bridgehead atoms. The highest BCUT2D eigenvalue weighted by atomic mass is 79.9. The van der Waals surface area contributed by atoms with Crippen molar-refractivity contribution in [1.29, 1.82) is 0 Å². The second-order valence-electron chi connectivity index (χ2n) is 6.72. The number of aromatic nitrogens is 3. The van der Waals surface area contributed by atoms with E-state index in [1.54, 1.807) is 18.2 Å². The number of anilines is 1. The Balaban J connectivity index is 1.65. The van der Waals surface area contributed by atoms with Crippen molar-refractivity contribution in [3.8, 4) is 5.75 Å². The Bertz CT molecular complexity index is 1090. The molecule has 3 rings (SSSR count). The van der Waals surface area contributed by atoms with Crippen LogP contribution in [0.5, 0.6) is 5.75 Å². The van der Waals surface area contributed by atoms with E-state index in [1.165, 1.54) is 11.8 Å². The van der Waals surface area contributed by atoms with Crippen LogP contribution in [0.2, 0.25) is 10.0 Å². The molecule has 1 atom stereocenters. The SMILES string of the molecule is CCn1c(SCC(=O)Nc2ccc(Br)cc2Cl)nnc1C(C)Oc1ccc(Cl)cc1C. The van der Waals surface area contributed by atoms with Crippen LogP contribution in [0, 0.1) is 6.92 Å². The van der Waals surface area contributed by atoms with Crippen LogP contribution in [-0.2, 0) is 11.3 Å². The summed E-state index contributed by atoms with van der Waals surface area (Å²) in [6.07, 6.45) is -0.322. The first-order valence-corrected chi connectivity index (χ1v) is 12.1. The molecule has 1 aromatic heterocycles. The molecule has 1 amide bonds. The zero-order valence-electron chi connectivity index (χ0n) is 17.2. The van der Waals surface area contributed by atoms with E-state index in [0.717, 1.165) is 15.8 Å². The van der Waals surface area contributed by atoms with Gasteiger partial charge in [0, 0.05) is 16.0 Å². The van der Waals surface area contributed by atoms with Gasteiger partial charge in [0.25, 0.3) is 0 Å². The van der Waals surface area contributed by atoms with E-state index in [2.05, 4.69) is 31.4 Å². The zero-order valence-corrected chi connectivity index (χ0v) is 21.1. The van der Waals surface area contributed by atoms with E-state index in [4.69, 9.17) is 27.9 Å². The smallest absolute Gasteiger partial charge is 0.234 e. The number of hydrogen-bond donors (Lipinski definition) is 1. The molecule has 164 valence electrons. The van der Waals surface area contributed by atoms with E-state index in [0.29, 0.717) is 33.3 Å². The van der Waals surface area contributed by atoms with Crippen molar-refractivity contribution in [2.45, 2.75) is 38.6 Å². The minimum absolute atomic E-state index is 0.177. The minimum atomic E-state index is -0.322. The van der Waals surface area contributed by atoms with Gasteiger partial charge in [0.05, 0.1) is 16.5 Å². The third-order valence-electron chi connectivity index (χ3n) is 4.40. The maximum atomic E-state index is 12.4. The van der Waals surface area contributed by atoms with E-state index < -0.39 is 0 Å². The maximum Gasteiger partial charge on any atom is 0.234 e. The molecule has 0 fully saturated rings. The molecular formula is C21H21BrCl2N4O2S. The summed E-state index contributed by atoms with van der Waals surface area (Å²) in [6.45, 7) is 6.51. The third-order valence-corrected chi connectivity index (χ3v) is 6.41. The summed E-state index contributed by atoms with van der Waals surface area (Å²) in [6, 6.07) is 10.8. The Hall–Kier alpha value is -1.74. The summed E-state index contributed by atoms with van der Waals surface area (Å²) in [7, 11) is 0. The number of nitrogens with zero attached hydrogens (tertiary/aromatic N) is 3. The highest BCUT2D eigenvalue weighted by Crippen LogP contribution is 2.29. The van der Waals surface area contributed by atoms with Crippen molar-refractivity contribution < 1.29 is 9.53 Å². The lowest BCUT2D eigenvalue weighted by atomic mass is 10.2. The van der Waals surface area contributed by atoms with Crippen LogP contribution < -0.4 is 10.1 Å². The molecule has 0 saturated carbocycles. The van der Waals surface area contributed by atoms with Crippen LogP contribution in [0.1, 0.15) is 31.3 Å². The van der Waals surface area contributed by atoms with Crippen LogP contribution >= 0.6 is 50.9 Å². The molecule has 31 heavy (non-hydrogen) atoms. The fraction of sp³-hybridized carbons (Fsp3) is 0.286. The molecule has 10 heteroatoms. The number of aryl methyl sites for hydroxylation is 1. The Labute approximate surface area is 203 Å². The number of amides is 1. The topological polar surface area (TPSA) is 69.0 Å². The normalized spacial score (nSPS) is 11.9. The number of rotatable bonds is 8. The van der Waals surface area contributed by atoms with Crippen molar-refractivity contribution in [1.82, 2.24) is 14.8 Å². The van der Waals surface area contributed by atoms with Gasteiger partial charge in [0.2, 0.25) is 5.91 Å². The summed E-state index contributed by atoms with van der Waals surface area (Å²) >= 11 is 16.8. The van der Waals surface area contributed by atoms with E-state index >= 15 is 0 Å². The molecule has 6 nitrogen and oxygen atoms in total. The largest absolute Gasteiger partial charge is 0.482 e. The van der Waals surface area contributed by atoms with Crippen molar-refractivity contribution in [2.24, 2.45) is 0 Å². The molecular weight excluding hydrogens is 523 g/mol. The quantitative estimate of drug-likeness (QED) is 0.326. The van der Waals surface area contributed by atoms with Crippen LogP contribution in [-0.4, -0.2) is 26.4 Å². The first-order valence-electron chi connectivity index (χ1n) is 9.52. The molecule has 1 unspecified atom stereocenters. The third kappa shape index (κ3) is 6.16. The van der Waals surface area contributed by atoms with E-state index in [1.807, 2.05) is 43.5 Å². The Morgan fingerprint density at radius 2 is 2.03 bits per heavy atom. The van der Waals surface area contributed by atoms with Gasteiger partial charge < -0.3 is 14.6 Å². The summed E-state index contributed by atoms with van der Waals surface area (Å²) in [5, 5.41) is 13.1. The lowest BCUT2D eigenvalue weighted by Gasteiger charge is -2.17. The van der Waals surface area contributed by atoms with Gasteiger partial charge in [-0.15, -0.1) is 10.2 Å². The number of nitrogens with one attached hydrogen (secondary N) is 1. The van der Waals surface area contributed by atoms with Crippen molar-refractivity contribution in [3.05, 3.63) is 62.3 Å². The van der Waals surface area contributed by atoms with Gasteiger partial charge in [0.1, 0.15) is 5.75 Å². The minimum Gasteiger partial charge on any atom is -0.482 e. The highest BCUT2D eigenvalue weighted by molar-refractivity contribution is 9.10. The predicted molar refractivity (Wildman–Crippen MR) is 129 cm³/mol. The number of benzene rings is 2. The molecule has 1 heterocycles. The van der Waals surface area contributed by atoms with Crippen LogP contribution in [0.3, 0.4) is 0 Å². The highest BCUT2D eigenvalue weighted by Gasteiger charge is 2.20. The standard InChI is InChI=1S/C21H21BrCl2N4O2S/c1-4-28-20(13(3)30-18-8-6-15(23)9-12(18)2)26-27-21(28)31-11-19(29)25-17-7-5-14(22)10-16(17)24/h5-10,13H,4,11H2,1-3H3,(H,25,29). The number of halogens is 3. The fourth-order valence-corrected chi connectivity index (χ4v) is 4.66. The lowest BCUT2D eigenvalue weighted by Crippen LogP contribution is -2.15. The molecule has 0 aliphatic heterocycles. The average Bonchev–Trinajstić information content (AvgIpc) is 3.13. The summed E-state index contributed by atoms with van der Waals surface area (Å²) in [5.74, 6) is 1.43. The van der Waals surface area contributed by atoms with Gasteiger partial charge in [0.15, 0.2) is 17.1 Å². The number of hydrogen-bond acceptors (Lipinski definition) is 5. The van der Waals surface area contributed by atoms with Gasteiger partial charge in [-0.2, -0.15) is 0 Å². The van der Waals surface area contributed by atoms with E-state index in [-0.39, 0.29) is 17.8 Å². The van der Waals surface area contributed by atoms with Crippen molar-refractivity contribution >= 4 is 62.5 Å². The second-order valence-corrected chi connectivity index (χ2v) is 9.42. The zero-order chi connectivity index (χ0) is 22.5. The molecule has 0 aliphatic rings. The fourth-order valence-electron chi connectivity index (χ4n) is 2.90. The first kappa shape index (κ1) is 23.9. The second kappa shape index (κ2) is 10.7. The molecule has 0 spiro atoms. The molecule has 3 aromatic rings. The number of thioether (sulfide) groups is 1. The Morgan fingerprint density at radius 3 is 2.71 bits per heavy atom. The lowest BCUT2D eigenvalue weighted by molar-refractivity contribution is -0.113. The van der Waals surface area contributed by atoms with Crippen molar-refractivity contribution in [3.63, 3.8) is 0 Å². The van der Waals surface area contributed by atoms with Crippen LogP contribution in [0.4, 0.5) is 5.69 Å². The summed E-state index contributed by atoms with van der Waals surface area (Å²) in [4.78, 5) is 12.4. The van der Waals surface area contributed by atoms with Gasteiger partial charge >= 0.3 is 0 Å². The van der Waals surface area contributed by atoms with Crippen LogP contribution in [0.25, 0.3) is 0 Å². The Morgan fingerprint density at radius 1 is 1.26 bits per heavy atom. The molecule has 2 aromatic carbocycles. The van der Waals surface area contributed by atoms with Gasteiger partial charge in [-0.25, -0.2) is 0 Å². The molecule has 1 N–H and O–H groups in total. The summed E-state index contributed by atoms with van der Waals surface area (Å²) in [5.41, 5.74) is 1.51. The number of ether oxygens (including phenoxy) is 1. The predicted octanol–water partition coefficient (Wildman–Crippen LogP) is 6.55. The van der Waals surface area contributed by atoms with Gasteiger partial charge in [-0.1, -0.05) is 50.9 Å². The molecule has 0 saturated heterocycles. The summed E-state index contributed by atoms with van der Waals surface area (Å²) < 4.78 is 8.87. The molecule has 0 radical (unpaired) electrons. The van der Waals surface area contributed by atoms with E-state index in [9.17, 15) is 4.79 Å². The maximum absolute atomic E-state index is 12.4. The van der Waals surface area contributed by atoms with Crippen LogP contribution in [0.15, 0.2) is 46.0 Å². The number of carbonyl (C=O) groups excluding carboxylic acids is 1. The Kier molecular flexibility index (Phi) is 8.27. The first-order chi connectivity index (χ1) is 14.8. The molecule has 0 aliphatic carbocycles. The van der Waals surface area contributed by atoms with Gasteiger partial charge in [-0.05, 0) is 62.7 Å². The average molecular weight is 544 g/mol. The van der Waals surface area contributed by atoms with Gasteiger partial charge in [-0.3, -0.25) is 4.79 Å². The van der Waals surface area contributed by atoms with Crippen molar-refractivity contribution in [2.75, 3.05) is 11.1 Å².